The SMILES string of the molecule is COCCNC1(C)N=C(Nc2ccc(C(F)(F)F)cn2)C2=C(CCN(c3ncccc3C(F)(F)F)CC2)N1. The van der Waals surface area contributed by atoms with E-state index >= 15 is 0 Å². The number of nitrogens with zero attached hydrogens (tertiary/aromatic N) is 4. The van der Waals surface area contributed by atoms with Gasteiger partial charge in [-0.15, -0.1) is 0 Å². The quantitative estimate of drug-likeness (QED) is 0.368. The number of nitrogens with one attached hydrogen (secondary N) is 3. The highest BCUT2D eigenvalue weighted by molar-refractivity contribution is 6.08. The van der Waals surface area contributed by atoms with Crippen LogP contribution < -0.4 is 20.9 Å². The van der Waals surface area contributed by atoms with E-state index in [4.69, 9.17) is 9.73 Å². The molecule has 0 amide bonds. The third-order valence-corrected chi connectivity index (χ3v) is 6.15. The second-order valence-electron chi connectivity index (χ2n) is 8.95. The summed E-state index contributed by atoms with van der Waals surface area (Å²) in [5, 5.41) is 9.58. The van der Waals surface area contributed by atoms with Crippen LogP contribution in [0.5, 0.6) is 0 Å². The van der Waals surface area contributed by atoms with Crippen molar-refractivity contribution in [2.24, 2.45) is 4.99 Å². The highest BCUT2D eigenvalue weighted by Gasteiger charge is 2.38. The van der Waals surface area contributed by atoms with Gasteiger partial charge in [0.2, 0.25) is 0 Å². The molecule has 4 heterocycles. The Hall–Kier alpha value is -3.39. The molecule has 0 saturated carbocycles. The van der Waals surface area contributed by atoms with Gasteiger partial charge in [0.05, 0.1) is 17.7 Å². The lowest BCUT2D eigenvalue weighted by Gasteiger charge is -2.36. The van der Waals surface area contributed by atoms with Crippen LogP contribution in [0.3, 0.4) is 0 Å². The first-order valence-electron chi connectivity index (χ1n) is 11.8. The van der Waals surface area contributed by atoms with Crippen LogP contribution >= 0.6 is 0 Å². The summed E-state index contributed by atoms with van der Waals surface area (Å²) in [5.41, 5.74) is -0.263. The Morgan fingerprint density at radius 1 is 1.05 bits per heavy atom. The van der Waals surface area contributed by atoms with Crippen molar-refractivity contribution in [1.82, 2.24) is 20.6 Å². The van der Waals surface area contributed by atoms with Crippen LogP contribution in [0.2, 0.25) is 0 Å². The molecule has 38 heavy (non-hydrogen) atoms. The van der Waals surface area contributed by atoms with E-state index < -0.39 is 29.3 Å². The molecular formula is C24H27F6N7O. The minimum Gasteiger partial charge on any atom is -0.383 e. The number of alkyl halides is 6. The molecule has 2 aromatic rings. The molecule has 0 bridgehead atoms. The van der Waals surface area contributed by atoms with Gasteiger partial charge >= 0.3 is 12.4 Å². The van der Waals surface area contributed by atoms with E-state index in [1.165, 1.54) is 18.3 Å². The first kappa shape index (κ1) is 27.6. The second-order valence-corrected chi connectivity index (χ2v) is 8.95. The van der Waals surface area contributed by atoms with Crippen LogP contribution in [0.4, 0.5) is 38.0 Å². The van der Waals surface area contributed by atoms with E-state index in [0.717, 1.165) is 24.0 Å². The fourth-order valence-corrected chi connectivity index (χ4v) is 4.34. The Bertz CT molecular complexity index is 1200. The summed E-state index contributed by atoms with van der Waals surface area (Å²) in [4.78, 5) is 14.2. The number of rotatable bonds is 6. The molecule has 0 radical (unpaired) electrons. The zero-order chi connectivity index (χ0) is 27.6. The molecule has 4 rings (SSSR count). The van der Waals surface area contributed by atoms with Crippen molar-refractivity contribution in [3.8, 4) is 0 Å². The summed E-state index contributed by atoms with van der Waals surface area (Å²) in [6.07, 6.45) is -6.38. The number of hydrogen-bond donors (Lipinski definition) is 3. The molecule has 206 valence electrons. The van der Waals surface area contributed by atoms with E-state index in [-0.39, 0.29) is 24.7 Å². The standard InChI is InChI=1S/C24H27F6N7O/c1-22(33-10-13-38-2)35-18-8-12-37(21-17(24(28,29)30)4-3-9-31-21)11-7-16(18)20(36-22)34-19-6-5-15(14-32-19)23(25,26)27/h3-6,9,14,33,35H,7-8,10-13H2,1-2H3,(H,32,34,36). The van der Waals surface area contributed by atoms with Gasteiger partial charge in [-0.3, -0.25) is 5.32 Å². The zero-order valence-corrected chi connectivity index (χ0v) is 20.7. The van der Waals surface area contributed by atoms with Crippen LogP contribution in [0.15, 0.2) is 52.9 Å². The smallest absolute Gasteiger partial charge is 0.383 e. The number of amidine groups is 1. The molecular weight excluding hydrogens is 516 g/mol. The van der Waals surface area contributed by atoms with Crippen molar-refractivity contribution >= 4 is 17.5 Å². The van der Waals surface area contributed by atoms with Gasteiger partial charge in [-0.2, -0.15) is 26.3 Å². The van der Waals surface area contributed by atoms with Crippen molar-refractivity contribution < 1.29 is 31.1 Å². The van der Waals surface area contributed by atoms with Gasteiger partial charge < -0.3 is 20.3 Å². The topological polar surface area (TPSA) is 86.7 Å². The normalized spacial score (nSPS) is 20.4. The molecule has 14 heteroatoms. The summed E-state index contributed by atoms with van der Waals surface area (Å²) in [5.74, 6) is -0.660. The van der Waals surface area contributed by atoms with Gasteiger partial charge in [0.15, 0.2) is 5.79 Å². The predicted octanol–water partition coefficient (Wildman–Crippen LogP) is 4.39. The lowest BCUT2D eigenvalue weighted by atomic mass is 10.0. The maximum Gasteiger partial charge on any atom is 0.419 e. The molecule has 8 nitrogen and oxygen atoms in total. The Labute approximate surface area is 215 Å². The summed E-state index contributed by atoms with van der Waals surface area (Å²) in [6, 6.07) is 4.37. The summed E-state index contributed by atoms with van der Waals surface area (Å²) < 4.78 is 84.9. The molecule has 1 unspecified atom stereocenters. The summed E-state index contributed by atoms with van der Waals surface area (Å²) in [7, 11) is 1.55. The average molecular weight is 544 g/mol. The third-order valence-electron chi connectivity index (χ3n) is 6.15. The molecule has 0 aliphatic carbocycles. The van der Waals surface area contributed by atoms with Crippen LogP contribution in [0.1, 0.15) is 30.9 Å². The van der Waals surface area contributed by atoms with Gasteiger partial charge in [0, 0.05) is 56.8 Å². The number of aliphatic imine (C=N–C) groups is 1. The summed E-state index contributed by atoms with van der Waals surface area (Å²) in [6.45, 7) is 3.08. The van der Waals surface area contributed by atoms with Gasteiger partial charge in [-0.25, -0.2) is 15.0 Å². The highest BCUT2D eigenvalue weighted by Crippen LogP contribution is 2.37. The minimum absolute atomic E-state index is 0.148. The molecule has 0 fully saturated rings. The number of halogens is 6. The molecule has 0 spiro atoms. The van der Waals surface area contributed by atoms with Crippen LogP contribution in [-0.2, 0) is 17.1 Å². The maximum absolute atomic E-state index is 13.6. The van der Waals surface area contributed by atoms with Crippen LogP contribution in [0.25, 0.3) is 0 Å². The van der Waals surface area contributed by atoms with Crippen LogP contribution in [0, 0.1) is 0 Å². The number of anilines is 2. The zero-order valence-electron chi connectivity index (χ0n) is 20.7. The highest BCUT2D eigenvalue weighted by atomic mass is 19.4. The fourth-order valence-electron chi connectivity index (χ4n) is 4.34. The van der Waals surface area contributed by atoms with Gasteiger partial charge in [0.1, 0.15) is 17.5 Å². The Morgan fingerprint density at radius 3 is 2.47 bits per heavy atom. The maximum atomic E-state index is 13.6. The van der Waals surface area contributed by atoms with E-state index in [2.05, 4.69) is 25.9 Å². The molecule has 3 N–H and O–H groups in total. The fraction of sp³-hybridized carbons (Fsp3) is 0.458. The number of aromatic nitrogens is 2. The van der Waals surface area contributed by atoms with Crippen molar-refractivity contribution in [1.29, 1.82) is 0 Å². The molecule has 2 aromatic heterocycles. The number of pyridine rings is 2. The van der Waals surface area contributed by atoms with Crippen molar-refractivity contribution in [3.05, 3.63) is 59.1 Å². The first-order valence-corrected chi connectivity index (χ1v) is 11.8. The molecule has 0 saturated heterocycles. The first-order chi connectivity index (χ1) is 17.9. The number of hydrogen-bond acceptors (Lipinski definition) is 8. The Kier molecular flexibility index (Phi) is 7.83. The predicted molar refractivity (Wildman–Crippen MR) is 129 cm³/mol. The molecule has 0 aromatic carbocycles. The number of ether oxygens (including phenoxy) is 1. The van der Waals surface area contributed by atoms with E-state index in [9.17, 15) is 26.3 Å². The monoisotopic (exact) mass is 543 g/mol. The van der Waals surface area contributed by atoms with Gasteiger partial charge in [0.25, 0.3) is 0 Å². The molecule has 1 atom stereocenters. The van der Waals surface area contributed by atoms with E-state index in [1.54, 1.807) is 18.9 Å². The summed E-state index contributed by atoms with van der Waals surface area (Å²) >= 11 is 0. The lowest BCUT2D eigenvalue weighted by Crippen LogP contribution is -2.56. The average Bonchev–Trinajstić information content (AvgIpc) is 3.06. The second kappa shape index (κ2) is 10.8. The minimum atomic E-state index is -4.56. The Morgan fingerprint density at radius 2 is 1.82 bits per heavy atom. The molecule has 2 aliphatic rings. The third kappa shape index (κ3) is 6.35. The van der Waals surface area contributed by atoms with Crippen molar-refractivity contribution in [2.75, 3.05) is 43.6 Å². The van der Waals surface area contributed by atoms with Crippen LogP contribution in [-0.4, -0.2) is 54.9 Å². The van der Waals surface area contributed by atoms with Gasteiger partial charge in [-0.05, 0) is 37.6 Å². The molecule has 2 aliphatic heterocycles. The van der Waals surface area contributed by atoms with E-state index in [0.29, 0.717) is 37.4 Å². The van der Waals surface area contributed by atoms with Gasteiger partial charge in [-0.1, -0.05) is 0 Å². The number of methoxy groups -OCH3 is 1. The largest absolute Gasteiger partial charge is 0.419 e. The lowest BCUT2D eigenvalue weighted by molar-refractivity contribution is -0.138. The van der Waals surface area contributed by atoms with Crippen molar-refractivity contribution in [3.63, 3.8) is 0 Å². The van der Waals surface area contributed by atoms with E-state index in [1.807, 2.05) is 0 Å². The Balaban J connectivity index is 1.62. The van der Waals surface area contributed by atoms with Crippen molar-refractivity contribution in [2.45, 2.75) is 37.9 Å².